The molecule has 0 bridgehead atoms. The number of rotatable bonds is 4. The van der Waals surface area contributed by atoms with Crippen molar-refractivity contribution in [3.63, 3.8) is 0 Å². The molecule has 82 valence electrons. The van der Waals surface area contributed by atoms with Crippen LogP contribution in [-0.2, 0) is 4.74 Å². The van der Waals surface area contributed by atoms with Crippen LogP contribution in [-0.4, -0.2) is 25.7 Å². The summed E-state index contributed by atoms with van der Waals surface area (Å²) in [5.41, 5.74) is 0.679. The minimum Gasteiger partial charge on any atom is -0.383 e. The van der Waals surface area contributed by atoms with Crippen molar-refractivity contribution < 1.29 is 9.53 Å². The first kappa shape index (κ1) is 12.4. The molecular weight excluding hydrogens is 305 g/mol. The largest absolute Gasteiger partial charge is 0.383 e. The Balaban J connectivity index is 2.57. The molecule has 15 heavy (non-hydrogen) atoms. The molecule has 0 spiro atoms. The van der Waals surface area contributed by atoms with Crippen molar-refractivity contribution >= 4 is 28.5 Å². The van der Waals surface area contributed by atoms with Gasteiger partial charge in [-0.2, -0.15) is 0 Å². The molecular formula is C11H14INO2. The SMILES string of the molecule is COCC(C)NC(=O)c1ccc(I)cc1. The number of nitrogens with one attached hydrogen (secondary N) is 1. The van der Waals surface area contributed by atoms with E-state index in [1.54, 1.807) is 7.11 Å². The Bertz CT molecular complexity index is 324. The van der Waals surface area contributed by atoms with E-state index >= 15 is 0 Å². The average Bonchev–Trinajstić information content (AvgIpc) is 2.18. The van der Waals surface area contributed by atoms with Gasteiger partial charge in [-0.3, -0.25) is 4.79 Å². The number of hydrogen-bond acceptors (Lipinski definition) is 2. The van der Waals surface area contributed by atoms with Crippen LogP contribution in [0.5, 0.6) is 0 Å². The van der Waals surface area contributed by atoms with Crippen LogP contribution in [0.25, 0.3) is 0 Å². The maximum Gasteiger partial charge on any atom is 0.251 e. The summed E-state index contributed by atoms with van der Waals surface area (Å²) in [5, 5.41) is 2.85. The molecule has 1 aromatic carbocycles. The van der Waals surface area contributed by atoms with E-state index in [1.807, 2.05) is 31.2 Å². The number of carbonyl (C=O) groups is 1. The van der Waals surface area contributed by atoms with E-state index in [9.17, 15) is 4.79 Å². The van der Waals surface area contributed by atoms with Gasteiger partial charge in [0, 0.05) is 22.3 Å². The van der Waals surface area contributed by atoms with Crippen molar-refractivity contribution in [3.8, 4) is 0 Å². The van der Waals surface area contributed by atoms with Crippen LogP contribution in [0.3, 0.4) is 0 Å². The quantitative estimate of drug-likeness (QED) is 0.863. The maximum absolute atomic E-state index is 11.7. The van der Waals surface area contributed by atoms with Gasteiger partial charge in [0.05, 0.1) is 6.61 Å². The first-order valence-electron chi connectivity index (χ1n) is 4.69. The summed E-state index contributed by atoms with van der Waals surface area (Å²) < 4.78 is 6.06. The fourth-order valence-electron chi connectivity index (χ4n) is 1.20. The van der Waals surface area contributed by atoms with Gasteiger partial charge >= 0.3 is 0 Å². The lowest BCUT2D eigenvalue weighted by Crippen LogP contribution is -2.35. The highest BCUT2D eigenvalue weighted by Gasteiger charge is 2.08. The molecule has 1 atom stereocenters. The van der Waals surface area contributed by atoms with E-state index in [0.717, 1.165) is 3.57 Å². The van der Waals surface area contributed by atoms with E-state index in [-0.39, 0.29) is 11.9 Å². The molecule has 0 aliphatic carbocycles. The van der Waals surface area contributed by atoms with Crippen molar-refractivity contribution in [2.45, 2.75) is 13.0 Å². The Hall–Kier alpha value is -0.620. The first-order chi connectivity index (χ1) is 7.13. The van der Waals surface area contributed by atoms with Crippen LogP contribution in [0.1, 0.15) is 17.3 Å². The van der Waals surface area contributed by atoms with E-state index in [4.69, 9.17) is 4.74 Å². The summed E-state index contributed by atoms with van der Waals surface area (Å²) >= 11 is 2.21. The molecule has 3 nitrogen and oxygen atoms in total. The molecule has 1 rings (SSSR count). The Labute approximate surface area is 103 Å². The minimum absolute atomic E-state index is 0.0294. The van der Waals surface area contributed by atoms with E-state index < -0.39 is 0 Å². The highest BCUT2D eigenvalue weighted by molar-refractivity contribution is 14.1. The summed E-state index contributed by atoms with van der Waals surface area (Å²) in [4.78, 5) is 11.7. The second kappa shape index (κ2) is 6.07. The standard InChI is InChI=1S/C11H14INO2/c1-8(7-15-2)13-11(14)9-3-5-10(12)6-4-9/h3-6,8H,7H2,1-2H3,(H,13,14). The molecule has 1 amide bonds. The molecule has 0 heterocycles. The molecule has 0 saturated carbocycles. The summed E-state index contributed by atoms with van der Waals surface area (Å²) in [7, 11) is 1.62. The van der Waals surface area contributed by atoms with Crippen LogP contribution >= 0.6 is 22.6 Å². The van der Waals surface area contributed by atoms with Crippen molar-refractivity contribution in [2.24, 2.45) is 0 Å². The van der Waals surface area contributed by atoms with E-state index in [0.29, 0.717) is 12.2 Å². The first-order valence-corrected chi connectivity index (χ1v) is 5.76. The average molecular weight is 319 g/mol. The zero-order valence-electron chi connectivity index (χ0n) is 8.79. The van der Waals surface area contributed by atoms with Gasteiger partial charge in [-0.1, -0.05) is 0 Å². The smallest absolute Gasteiger partial charge is 0.251 e. The van der Waals surface area contributed by atoms with Gasteiger partial charge in [0.2, 0.25) is 0 Å². The van der Waals surface area contributed by atoms with Gasteiger partial charge in [-0.15, -0.1) is 0 Å². The van der Waals surface area contributed by atoms with Crippen LogP contribution in [0.15, 0.2) is 24.3 Å². The molecule has 0 fully saturated rings. The van der Waals surface area contributed by atoms with Crippen LogP contribution in [0, 0.1) is 3.57 Å². The number of ether oxygens (including phenoxy) is 1. The van der Waals surface area contributed by atoms with Crippen molar-refractivity contribution in [1.82, 2.24) is 5.32 Å². The van der Waals surface area contributed by atoms with Crippen LogP contribution < -0.4 is 5.32 Å². The lowest BCUT2D eigenvalue weighted by atomic mass is 10.2. The Kier molecular flexibility index (Phi) is 5.04. The van der Waals surface area contributed by atoms with Crippen molar-refractivity contribution in [2.75, 3.05) is 13.7 Å². The van der Waals surface area contributed by atoms with Gasteiger partial charge in [0.25, 0.3) is 5.91 Å². The van der Waals surface area contributed by atoms with Gasteiger partial charge < -0.3 is 10.1 Å². The maximum atomic E-state index is 11.7. The zero-order chi connectivity index (χ0) is 11.3. The van der Waals surface area contributed by atoms with Gasteiger partial charge in [-0.25, -0.2) is 0 Å². The number of hydrogen-bond donors (Lipinski definition) is 1. The third-order valence-electron chi connectivity index (χ3n) is 1.90. The lowest BCUT2D eigenvalue weighted by molar-refractivity contribution is 0.0905. The second-order valence-electron chi connectivity index (χ2n) is 3.34. The predicted molar refractivity (Wildman–Crippen MR) is 68.0 cm³/mol. The molecule has 1 unspecified atom stereocenters. The summed E-state index contributed by atoms with van der Waals surface area (Å²) in [6, 6.07) is 7.49. The summed E-state index contributed by atoms with van der Waals surface area (Å²) in [6.45, 7) is 2.43. The minimum atomic E-state index is -0.0593. The third kappa shape index (κ3) is 4.17. The monoisotopic (exact) mass is 319 g/mol. The molecule has 1 aromatic rings. The van der Waals surface area contributed by atoms with E-state index in [2.05, 4.69) is 27.9 Å². The number of carbonyl (C=O) groups excluding carboxylic acids is 1. The molecule has 4 heteroatoms. The molecule has 0 radical (unpaired) electrons. The second-order valence-corrected chi connectivity index (χ2v) is 4.58. The molecule has 1 N–H and O–H groups in total. The Morgan fingerprint density at radius 2 is 2.07 bits per heavy atom. The van der Waals surface area contributed by atoms with Crippen LogP contribution in [0.2, 0.25) is 0 Å². The Morgan fingerprint density at radius 3 is 2.60 bits per heavy atom. The number of methoxy groups -OCH3 is 1. The predicted octanol–water partition coefficient (Wildman–Crippen LogP) is 2.06. The molecule has 0 saturated heterocycles. The fraction of sp³-hybridized carbons (Fsp3) is 0.364. The topological polar surface area (TPSA) is 38.3 Å². The number of halogens is 1. The highest BCUT2D eigenvalue weighted by Crippen LogP contribution is 2.06. The van der Waals surface area contributed by atoms with Gasteiger partial charge in [0.15, 0.2) is 0 Å². The Morgan fingerprint density at radius 1 is 1.47 bits per heavy atom. The fourth-order valence-corrected chi connectivity index (χ4v) is 1.56. The summed E-state index contributed by atoms with van der Waals surface area (Å²) in [5.74, 6) is -0.0593. The normalized spacial score (nSPS) is 12.2. The number of amides is 1. The van der Waals surface area contributed by atoms with Crippen molar-refractivity contribution in [3.05, 3.63) is 33.4 Å². The van der Waals surface area contributed by atoms with Crippen LogP contribution in [0.4, 0.5) is 0 Å². The lowest BCUT2D eigenvalue weighted by Gasteiger charge is -2.12. The third-order valence-corrected chi connectivity index (χ3v) is 2.62. The van der Waals surface area contributed by atoms with Gasteiger partial charge in [-0.05, 0) is 53.8 Å². The summed E-state index contributed by atoms with van der Waals surface area (Å²) in [6.07, 6.45) is 0. The molecule has 0 aliphatic rings. The number of benzene rings is 1. The molecule has 0 aliphatic heterocycles. The van der Waals surface area contributed by atoms with Gasteiger partial charge in [0.1, 0.15) is 0 Å². The van der Waals surface area contributed by atoms with E-state index in [1.165, 1.54) is 0 Å². The van der Waals surface area contributed by atoms with Crippen molar-refractivity contribution in [1.29, 1.82) is 0 Å². The molecule has 0 aromatic heterocycles. The highest BCUT2D eigenvalue weighted by atomic mass is 127. The zero-order valence-corrected chi connectivity index (χ0v) is 10.9.